The molecule has 3 heterocycles. The first-order chi connectivity index (χ1) is 14.7. The van der Waals surface area contributed by atoms with Gasteiger partial charge in [-0.3, -0.25) is 0 Å². The van der Waals surface area contributed by atoms with Crippen LogP contribution in [0.15, 0.2) is 54.7 Å². The molecule has 30 heavy (non-hydrogen) atoms. The number of nitrogens with zero attached hydrogens (tertiary/aromatic N) is 1. The van der Waals surface area contributed by atoms with Crippen LogP contribution in [0, 0.1) is 0 Å². The van der Waals surface area contributed by atoms with E-state index < -0.39 is 6.10 Å². The van der Waals surface area contributed by atoms with Gasteiger partial charge in [-0.15, -0.1) is 11.3 Å². The van der Waals surface area contributed by atoms with Gasteiger partial charge < -0.3 is 19.7 Å². The third-order valence-corrected chi connectivity index (χ3v) is 7.46. The molecule has 0 radical (unpaired) electrons. The van der Waals surface area contributed by atoms with Crippen molar-refractivity contribution in [1.82, 2.24) is 9.88 Å². The fourth-order valence-electron chi connectivity index (χ4n) is 4.36. The quantitative estimate of drug-likeness (QED) is 0.407. The fourth-order valence-corrected chi connectivity index (χ4v) is 5.75. The highest BCUT2D eigenvalue weighted by Crippen LogP contribution is 2.37. The number of nitrogens with one attached hydrogen (secondary N) is 1. The number of hydrogen-bond donors (Lipinski definition) is 2. The monoisotopic (exact) mass is 440 g/mol. The summed E-state index contributed by atoms with van der Waals surface area (Å²) in [5, 5.41) is 13.6. The summed E-state index contributed by atoms with van der Waals surface area (Å²) in [5.74, 6) is 1.41. The Morgan fingerprint density at radius 3 is 2.90 bits per heavy atom. The molecular weight excluding hydrogens is 416 g/mol. The Bertz CT molecular complexity index is 1150. The Morgan fingerprint density at radius 2 is 2.03 bits per heavy atom. The maximum absolute atomic E-state index is 10.5. The minimum Gasteiger partial charge on any atom is -0.490 e. The smallest absolute Gasteiger partial charge is 0.128 e. The Labute approximate surface area is 185 Å². The van der Waals surface area contributed by atoms with Crippen LogP contribution in [-0.2, 0) is 0 Å². The summed E-state index contributed by atoms with van der Waals surface area (Å²) in [4.78, 5) is 6.99. The van der Waals surface area contributed by atoms with Gasteiger partial charge >= 0.3 is 0 Å². The van der Waals surface area contributed by atoms with Gasteiger partial charge in [0.2, 0.25) is 0 Å². The number of hydrogen-bond acceptors (Lipinski definition) is 4. The zero-order valence-electron chi connectivity index (χ0n) is 16.7. The van der Waals surface area contributed by atoms with E-state index in [0.717, 1.165) is 47.6 Å². The Hall–Kier alpha value is -2.05. The number of ether oxygens (including phenoxy) is 1. The number of aliphatic hydroxyl groups excluding tert-OH is 1. The summed E-state index contributed by atoms with van der Waals surface area (Å²) in [6.45, 7) is 2.97. The molecule has 0 aliphatic carbocycles. The molecule has 156 valence electrons. The van der Waals surface area contributed by atoms with E-state index in [2.05, 4.69) is 28.1 Å². The molecule has 1 aliphatic heterocycles. The molecule has 0 bridgehead atoms. The average molecular weight is 441 g/mol. The molecule has 0 amide bonds. The molecule has 1 saturated heterocycles. The molecule has 0 unspecified atom stereocenters. The van der Waals surface area contributed by atoms with Crippen molar-refractivity contribution in [2.45, 2.75) is 24.9 Å². The third-order valence-electron chi connectivity index (χ3n) is 5.94. The zero-order valence-corrected chi connectivity index (χ0v) is 18.3. The number of benzene rings is 2. The molecule has 2 aromatic carbocycles. The second-order valence-electron chi connectivity index (χ2n) is 8.07. The SMILES string of the molecule is O[C@H](COc1cccc2[nH]ccc12)CN1CCC(c2cc3cc(Cl)ccc3s2)CC1. The second kappa shape index (κ2) is 8.60. The van der Waals surface area contributed by atoms with Crippen molar-refractivity contribution in [2.24, 2.45) is 0 Å². The maximum Gasteiger partial charge on any atom is 0.128 e. The van der Waals surface area contributed by atoms with Crippen LogP contribution in [0.5, 0.6) is 5.75 Å². The Morgan fingerprint density at radius 1 is 1.17 bits per heavy atom. The van der Waals surface area contributed by atoms with E-state index in [1.165, 1.54) is 15.0 Å². The third kappa shape index (κ3) is 4.21. The van der Waals surface area contributed by atoms with Gasteiger partial charge in [0.1, 0.15) is 18.5 Å². The number of likely N-dealkylation sites (tertiary alicyclic amines) is 1. The summed E-state index contributed by atoms with van der Waals surface area (Å²) in [6, 6.07) is 16.4. The van der Waals surface area contributed by atoms with E-state index in [1.807, 2.05) is 47.9 Å². The first-order valence-electron chi connectivity index (χ1n) is 10.4. The fraction of sp³-hybridized carbons (Fsp3) is 0.333. The molecule has 2 N–H and O–H groups in total. The number of halogens is 1. The van der Waals surface area contributed by atoms with Gasteiger partial charge in [0.15, 0.2) is 0 Å². The molecule has 0 spiro atoms. The molecule has 1 aliphatic rings. The van der Waals surface area contributed by atoms with Crippen molar-refractivity contribution in [2.75, 3.05) is 26.2 Å². The van der Waals surface area contributed by atoms with E-state index in [-0.39, 0.29) is 0 Å². The average Bonchev–Trinajstić information content (AvgIpc) is 3.39. The van der Waals surface area contributed by atoms with E-state index in [9.17, 15) is 5.11 Å². The van der Waals surface area contributed by atoms with E-state index in [0.29, 0.717) is 19.1 Å². The number of H-pyrrole nitrogens is 1. The first kappa shape index (κ1) is 19.9. The summed E-state index contributed by atoms with van der Waals surface area (Å²) in [5.41, 5.74) is 1.05. The lowest BCUT2D eigenvalue weighted by molar-refractivity contribution is 0.0600. The highest BCUT2D eigenvalue weighted by atomic mass is 35.5. The normalized spacial score (nSPS) is 17.0. The minimum absolute atomic E-state index is 0.307. The standard InChI is InChI=1S/C24H25ClN2O2S/c25-18-4-5-23-17(12-18)13-24(30-23)16-7-10-27(11-8-16)14-19(28)15-29-22-3-1-2-21-20(22)6-9-26-21/h1-6,9,12-13,16,19,26,28H,7-8,10-11,14-15H2/t19-/m0/s1. The predicted octanol–water partition coefficient (Wildman–Crippen LogP) is 5.66. The van der Waals surface area contributed by atoms with Crippen molar-refractivity contribution in [3.63, 3.8) is 0 Å². The van der Waals surface area contributed by atoms with Gasteiger partial charge in [0.05, 0.1) is 0 Å². The van der Waals surface area contributed by atoms with Crippen LogP contribution in [0.2, 0.25) is 5.02 Å². The number of aromatic amines is 1. The predicted molar refractivity (Wildman–Crippen MR) is 125 cm³/mol. The van der Waals surface area contributed by atoms with Crippen LogP contribution in [0.25, 0.3) is 21.0 Å². The van der Waals surface area contributed by atoms with E-state index in [4.69, 9.17) is 16.3 Å². The van der Waals surface area contributed by atoms with Gasteiger partial charge in [0.25, 0.3) is 0 Å². The van der Waals surface area contributed by atoms with Gasteiger partial charge in [-0.25, -0.2) is 0 Å². The molecular formula is C24H25ClN2O2S. The zero-order chi connectivity index (χ0) is 20.5. The summed E-state index contributed by atoms with van der Waals surface area (Å²) >= 11 is 8.02. The van der Waals surface area contributed by atoms with Crippen LogP contribution in [0.4, 0.5) is 0 Å². The Balaban J connectivity index is 1.13. The lowest BCUT2D eigenvalue weighted by Crippen LogP contribution is -2.40. The van der Waals surface area contributed by atoms with Crippen molar-refractivity contribution >= 4 is 43.9 Å². The lowest BCUT2D eigenvalue weighted by Gasteiger charge is -2.32. The number of piperidine rings is 1. The van der Waals surface area contributed by atoms with Crippen LogP contribution in [0.3, 0.4) is 0 Å². The number of thiophene rings is 1. The lowest BCUT2D eigenvalue weighted by atomic mass is 9.95. The number of β-amino-alcohol motifs (C(OH)–C–C–N with tert-alkyl or cyclic N) is 1. The summed E-state index contributed by atoms with van der Waals surface area (Å²) < 4.78 is 7.22. The molecule has 0 saturated carbocycles. The highest BCUT2D eigenvalue weighted by molar-refractivity contribution is 7.19. The van der Waals surface area contributed by atoms with Gasteiger partial charge in [-0.05, 0) is 79.7 Å². The highest BCUT2D eigenvalue weighted by Gasteiger charge is 2.24. The van der Waals surface area contributed by atoms with Crippen LogP contribution in [-0.4, -0.2) is 47.3 Å². The van der Waals surface area contributed by atoms with Crippen molar-refractivity contribution < 1.29 is 9.84 Å². The maximum atomic E-state index is 10.5. The van der Waals surface area contributed by atoms with Crippen LogP contribution >= 0.6 is 22.9 Å². The Kier molecular flexibility index (Phi) is 5.70. The topological polar surface area (TPSA) is 48.5 Å². The molecule has 1 fully saturated rings. The molecule has 4 aromatic rings. The number of aromatic nitrogens is 1. The van der Waals surface area contributed by atoms with Crippen LogP contribution < -0.4 is 4.74 Å². The molecule has 4 nitrogen and oxygen atoms in total. The molecule has 2 aromatic heterocycles. The van der Waals surface area contributed by atoms with Crippen molar-refractivity contribution in [3.8, 4) is 5.75 Å². The summed E-state index contributed by atoms with van der Waals surface area (Å²) in [6.07, 6.45) is 3.65. The van der Waals surface area contributed by atoms with Crippen molar-refractivity contribution in [1.29, 1.82) is 0 Å². The number of rotatable bonds is 6. The largest absolute Gasteiger partial charge is 0.490 e. The number of fused-ring (bicyclic) bond motifs is 2. The van der Waals surface area contributed by atoms with Gasteiger partial charge in [-0.1, -0.05) is 17.7 Å². The van der Waals surface area contributed by atoms with Gasteiger partial charge in [0, 0.05) is 38.2 Å². The first-order valence-corrected chi connectivity index (χ1v) is 11.6. The van der Waals surface area contributed by atoms with Crippen molar-refractivity contribution in [3.05, 3.63) is 64.6 Å². The molecule has 1 atom stereocenters. The molecule has 6 heteroatoms. The van der Waals surface area contributed by atoms with Crippen LogP contribution in [0.1, 0.15) is 23.6 Å². The second-order valence-corrected chi connectivity index (χ2v) is 9.62. The molecule has 5 rings (SSSR count). The summed E-state index contributed by atoms with van der Waals surface area (Å²) in [7, 11) is 0. The number of aliphatic hydroxyl groups is 1. The van der Waals surface area contributed by atoms with Gasteiger partial charge in [-0.2, -0.15) is 0 Å². The van der Waals surface area contributed by atoms with E-state index >= 15 is 0 Å². The minimum atomic E-state index is -0.498. The van der Waals surface area contributed by atoms with E-state index in [1.54, 1.807) is 0 Å².